The van der Waals surface area contributed by atoms with Gasteiger partial charge >= 0.3 is 0 Å². The van der Waals surface area contributed by atoms with Gasteiger partial charge in [-0.1, -0.05) is 12.8 Å². The topological polar surface area (TPSA) is 78.1 Å². The number of hydrogen-bond acceptors (Lipinski definition) is 3. The summed E-state index contributed by atoms with van der Waals surface area (Å²) < 4.78 is 0. The lowest BCUT2D eigenvalue weighted by Gasteiger charge is -2.39. The molecular formula is C8H19N3. The van der Waals surface area contributed by atoms with Crippen molar-refractivity contribution in [3.63, 3.8) is 0 Å². The minimum absolute atomic E-state index is 0.160. The lowest BCUT2D eigenvalue weighted by molar-refractivity contribution is 0.202. The molecule has 1 rings (SSSR count). The second kappa shape index (κ2) is 3.52. The molecule has 0 heterocycles. The van der Waals surface area contributed by atoms with Gasteiger partial charge in [0.2, 0.25) is 0 Å². The van der Waals surface area contributed by atoms with E-state index in [0.717, 1.165) is 12.8 Å². The van der Waals surface area contributed by atoms with Crippen LogP contribution in [-0.2, 0) is 0 Å². The SMILES string of the molecule is NCC1CCCCC1(N)CN. The van der Waals surface area contributed by atoms with E-state index < -0.39 is 0 Å². The van der Waals surface area contributed by atoms with Gasteiger partial charge in [-0.25, -0.2) is 0 Å². The zero-order valence-corrected chi connectivity index (χ0v) is 7.05. The fourth-order valence-electron chi connectivity index (χ4n) is 1.96. The third-order valence-electron chi connectivity index (χ3n) is 2.92. The van der Waals surface area contributed by atoms with Gasteiger partial charge in [0.15, 0.2) is 0 Å². The van der Waals surface area contributed by atoms with Crippen LogP contribution in [0.15, 0.2) is 0 Å². The zero-order valence-electron chi connectivity index (χ0n) is 7.05. The van der Waals surface area contributed by atoms with Gasteiger partial charge in [0, 0.05) is 12.1 Å². The quantitative estimate of drug-likeness (QED) is 0.519. The van der Waals surface area contributed by atoms with Crippen LogP contribution in [0.5, 0.6) is 0 Å². The molecule has 3 nitrogen and oxygen atoms in total. The molecular weight excluding hydrogens is 138 g/mol. The van der Waals surface area contributed by atoms with Crippen molar-refractivity contribution in [2.24, 2.45) is 23.1 Å². The van der Waals surface area contributed by atoms with Gasteiger partial charge < -0.3 is 17.2 Å². The predicted octanol–water partition coefficient (Wildman–Crippen LogP) is -0.208. The second-order valence-electron chi connectivity index (χ2n) is 3.62. The monoisotopic (exact) mass is 157 g/mol. The van der Waals surface area contributed by atoms with Crippen molar-refractivity contribution < 1.29 is 0 Å². The van der Waals surface area contributed by atoms with E-state index in [0.29, 0.717) is 19.0 Å². The summed E-state index contributed by atoms with van der Waals surface area (Å²) in [5.74, 6) is 0.446. The first-order valence-electron chi connectivity index (χ1n) is 4.42. The maximum atomic E-state index is 6.11. The molecule has 0 aromatic rings. The standard InChI is InChI=1S/C8H19N3/c9-5-7-3-1-2-4-8(7,11)6-10/h7H,1-6,9-11H2. The number of rotatable bonds is 2. The Morgan fingerprint density at radius 2 is 2.00 bits per heavy atom. The first-order chi connectivity index (χ1) is 5.23. The lowest BCUT2D eigenvalue weighted by Crippen LogP contribution is -2.56. The summed E-state index contributed by atoms with van der Waals surface area (Å²) in [7, 11) is 0. The molecule has 2 unspecified atom stereocenters. The zero-order chi connectivity index (χ0) is 8.32. The van der Waals surface area contributed by atoms with E-state index in [-0.39, 0.29) is 5.54 Å². The van der Waals surface area contributed by atoms with Crippen molar-refractivity contribution in [2.45, 2.75) is 31.2 Å². The first kappa shape index (κ1) is 8.97. The van der Waals surface area contributed by atoms with Crippen molar-refractivity contribution in [3.05, 3.63) is 0 Å². The molecule has 0 aliphatic heterocycles. The first-order valence-corrected chi connectivity index (χ1v) is 4.42. The highest BCUT2D eigenvalue weighted by Crippen LogP contribution is 2.30. The number of hydrogen-bond donors (Lipinski definition) is 3. The Kier molecular flexibility index (Phi) is 2.87. The molecule has 0 bridgehead atoms. The van der Waals surface area contributed by atoms with E-state index in [1.165, 1.54) is 12.8 Å². The fourth-order valence-corrected chi connectivity index (χ4v) is 1.96. The minimum Gasteiger partial charge on any atom is -0.330 e. The lowest BCUT2D eigenvalue weighted by atomic mass is 9.73. The molecule has 0 aromatic heterocycles. The van der Waals surface area contributed by atoms with Crippen LogP contribution in [0, 0.1) is 5.92 Å². The van der Waals surface area contributed by atoms with Crippen molar-refractivity contribution in [2.75, 3.05) is 13.1 Å². The van der Waals surface area contributed by atoms with Crippen LogP contribution >= 0.6 is 0 Å². The van der Waals surface area contributed by atoms with E-state index in [9.17, 15) is 0 Å². The van der Waals surface area contributed by atoms with Crippen molar-refractivity contribution >= 4 is 0 Å². The van der Waals surface area contributed by atoms with E-state index in [1.54, 1.807) is 0 Å². The van der Waals surface area contributed by atoms with Crippen molar-refractivity contribution in [1.82, 2.24) is 0 Å². The molecule has 1 saturated carbocycles. The summed E-state index contributed by atoms with van der Waals surface area (Å²) in [6.07, 6.45) is 4.68. The Bertz CT molecular complexity index is 127. The van der Waals surface area contributed by atoms with Crippen LogP contribution in [-0.4, -0.2) is 18.6 Å². The highest BCUT2D eigenvalue weighted by atomic mass is 14.8. The van der Waals surface area contributed by atoms with E-state index in [1.807, 2.05) is 0 Å². The Morgan fingerprint density at radius 1 is 1.27 bits per heavy atom. The second-order valence-corrected chi connectivity index (χ2v) is 3.62. The Morgan fingerprint density at radius 3 is 2.45 bits per heavy atom. The molecule has 66 valence electrons. The average Bonchev–Trinajstić information content (AvgIpc) is 2.05. The van der Waals surface area contributed by atoms with Crippen molar-refractivity contribution in [3.8, 4) is 0 Å². The highest BCUT2D eigenvalue weighted by Gasteiger charge is 2.34. The van der Waals surface area contributed by atoms with Gasteiger partial charge in [-0.15, -0.1) is 0 Å². The molecule has 0 spiro atoms. The molecule has 2 atom stereocenters. The Balaban J connectivity index is 2.57. The maximum Gasteiger partial charge on any atom is 0.0319 e. The summed E-state index contributed by atoms with van der Waals surface area (Å²) in [4.78, 5) is 0. The van der Waals surface area contributed by atoms with E-state index in [4.69, 9.17) is 17.2 Å². The summed E-state index contributed by atoms with van der Waals surface area (Å²) >= 11 is 0. The van der Waals surface area contributed by atoms with Gasteiger partial charge in [-0.2, -0.15) is 0 Å². The summed E-state index contributed by atoms with van der Waals surface area (Å²) in [6.45, 7) is 1.27. The summed E-state index contributed by atoms with van der Waals surface area (Å²) in [5, 5.41) is 0. The van der Waals surface area contributed by atoms with Crippen LogP contribution < -0.4 is 17.2 Å². The Labute approximate surface area is 68.3 Å². The molecule has 0 aromatic carbocycles. The Hall–Kier alpha value is -0.120. The third-order valence-corrected chi connectivity index (χ3v) is 2.92. The molecule has 0 amide bonds. The minimum atomic E-state index is -0.160. The largest absolute Gasteiger partial charge is 0.330 e. The fraction of sp³-hybridized carbons (Fsp3) is 1.00. The van der Waals surface area contributed by atoms with Crippen LogP contribution in [0.25, 0.3) is 0 Å². The third kappa shape index (κ3) is 1.72. The van der Waals surface area contributed by atoms with Gasteiger partial charge in [0.05, 0.1) is 0 Å². The van der Waals surface area contributed by atoms with Crippen LogP contribution in [0.3, 0.4) is 0 Å². The normalized spacial score (nSPS) is 39.0. The van der Waals surface area contributed by atoms with E-state index in [2.05, 4.69) is 0 Å². The van der Waals surface area contributed by atoms with Crippen LogP contribution in [0.4, 0.5) is 0 Å². The van der Waals surface area contributed by atoms with Gasteiger partial charge in [-0.05, 0) is 25.3 Å². The number of nitrogens with two attached hydrogens (primary N) is 3. The smallest absolute Gasteiger partial charge is 0.0319 e. The molecule has 1 aliphatic rings. The molecule has 6 N–H and O–H groups in total. The van der Waals surface area contributed by atoms with Crippen LogP contribution in [0.2, 0.25) is 0 Å². The predicted molar refractivity (Wildman–Crippen MR) is 47.0 cm³/mol. The van der Waals surface area contributed by atoms with E-state index >= 15 is 0 Å². The highest BCUT2D eigenvalue weighted by molar-refractivity contribution is 4.95. The molecule has 0 saturated heterocycles. The molecule has 1 fully saturated rings. The maximum absolute atomic E-state index is 6.11. The molecule has 0 radical (unpaired) electrons. The summed E-state index contributed by atoms with van der Waals surface area (Å²) in [5.41, 5.74) is 17.2. The van der Waals surface area contributed by atoms with Crippen molar-refractivity contribution in [1.29, 1.82) is 0 Å². The molecule has 3 heteroatoms. The van der Waals surface area contributed by atoms with Gasteiger partial charge in [0.1, 0.15) is 0 Å². The molecule has 1 aliphatic carbocycles. The van der Waals surface area contributed by atoms with Gasteiger partial charge in [-0.3, -0.25) is 0 Å². The molecule has 11 heavy (non-hydrogen) atoms. The average molecular weight is 157 g/mol. The van der Waals surface area contributed by atoms with Crippen LogP contribution in [0.1, 0.15) is 25.7 Å². The summed E-state index contributed by atoms with van der Waals surface area (Å²) in [6, 6.07) is 0. The van der Waals surface area contributed by atoms with Gasteiger partial charge in [0.25, 0.3) is 0 Å².